The summed E-state index contributed by atoms with van der Waals surface area (Å²) in [6.45, 7) is 6.62. The predicted octanol–water partition coefficient (Wildman–Crippen LogP) is 2.94. The van der Waals surface area contributed by atoms with Gasteiger partial charge in [-0.1, -0.05) is 39.5 Å². The van der Waals surface area contributed by atoms with Gasteiger partial charge in [0.05, 0.1) is 0 Å². The van der Waals surface area contributed by atoms with E-state index in [-0.39, 0.29) is 0 Å². The van der Waals surface area contributed by atoms with Crippen LogP contribution in [-0.4, -0.2) is 6.04 Å². The molecule has 0 aromatic carbocycles. The van der Waals surface area contributed by atoms with E-state index in [4.69, 9.17) is 5.73 Å². The molecule has 68 valence electrons. The summed E-state index contributed by atoms with van der Waals surface area (Å²) in [5.41, 5.74) is 5.75. The Bertz CT molecular complexity index is 72.9. The van der Waals surface area contributed by atoms with Gasteiger partial charge in [-0.15, -0.1) is 0 Å². The minimum Gasteiger partial charge on any atom is -0.328 e. The second-order valence-corrected chi connectivity index (χ2v) is 3.66. The lowest BCUT2D eigenvalue weighted by molar-refractivity contribution is 0.385. The Morgan fingerprint density at radius 1 is 1.09 bits per heavy atom. The van der Waals surface area contributed by atoms with Gasteiger partial charge < -0.3 is 5.73 Å². The summed E-state index contributed by atoms with van der Waals surface area (Å²) in [7, 11) is 0. The predicted molar refractivity (Wildman–Crippen MR) is 51.6 cm³/mol. The van der Waals surface area contributed by atoms with Crippen molar-refractivity contribution in [3.05, 3.63) is 0 Å². The molecule has 2 N–H and O–H groups in total. The van der Waals surface area contributed by atoms with Crippen molar-refractivity contribution in [2.75, 3.05) is 0 Å². The van der Waals surface area contributed by atoms with Crippen LogP contribution in [0.25, 0.3) is 0 Å². The van der Waals surface area contributed by atoms with Gasteiger partial charge in [-0.3, -0.25) is 0 Å². The molecule has 0 rings (SSSR count). The average molecular weight is 157 g/mol. The van der Waals surface area contributed by atoms with Crippen molar-refractivity contribution >= 4 is 0 Å². The number of rotatable bonds is 6. The van der Waals surface area contributed by atoms with E-state index in [2.05, 4.69) is 20.8 Å². The number of hydrogen-bond acceptors (Lipinski definition) is 1. The first-order valence-corrected chi connectivity index (χ1v) is 4.96. The monoisotopic (exact) mass is 157 g/mol. The summed E-state index contributed by atoms with van der Waals surface area (Å²) < 4.78 is 0. The summed E-state index contributed by atoms with van der Waals surface area (Å²) in [4.78, 5) is 0. The van der Waals surface area contributed by atoms with Crippen molar-refractivity contribution in [3.8, 4) is 0 Å². The zero-order valence-corrected chi connectivity index (χ0v) is 8.27. The fraction of sp³-hybridized carbons (Fsp3) is 1.00. The molecule has 0 aromatic heterocycles. The van der Waals surface area contributed by atoms with Crippen LogP contribution in [0.2, 0.25) is 0 Å². The molecule has 0 unspecified atom stereocenters. The fourth-order valence-electron chi connectivity index (χ4n) is 1.72. The number of nitrogens with two attached hydrogens (primary N) is 1. The van der Waals surface area contributed by atoms with Crippen molar-refractivity contribution < 1.29 is 0 Å². The molecule has 1 heteroatoms. The Labute approximate surface area is 71.4 Å². The van der Waals surface area contributed by atoms with Crippen LogP contribution in [0, 0.1) is 5.92 Å². The molecule has 0 bridgehead atoms. The lowest BCUT2D eigenvalue weighted by Crippen LogP contribution is -2.19. The maximum Gasteiger partial charge on any atom is 0.00131 e. The van der Waals surface area contributed by atoms with E-state index in [1.54, 1.807) is 0 Å². The molecule has 1 nitrogen and oxygen atoms in total. The van der Waals surface area contributed by atoms with Crippen LogP contribution in [-0.2, 0) is 0 Å². The normalized spacial score (nSPS) is 13.9. The molecule has 0 aliphatic rings. The van der Waals surface area contributed by atoms with E-state index < -0.39 is 0 Å². The minimum absolute atomic E-state index is 0.387. The molecule has 0 heterocycles. The summed E-state index contributed by atoms with van der Waals surface area (Å²) in [6.07, 6.45) is 6.53. The smallest absolute Gasteiger partial charge is 0.00131 e. The molecule has 0 saturated heterocycles. The summed E-state index contributed by atoms with van der Waals surface area (Å²) in [5.74, 6) is 0.880. The van der Waals surface area contributed by atoms with E-state index in [1.807, 2.05) is 0 Å². The molecular formula is C10H23N. The maximum absolute atomic E-state index is 5.75. The highest BCUT2D eigenvalue weighted by Crippen LogP contribution is 2.18. The Balaban J connectivity index is 3.50. The summed E-state index contributed by atoms with van der Waals surface area (Å²) in [5, 5.41) is 0. The van der Waals surface area contributed by atoms with Crippen LogP contribution in [0.15, 0.2) is 0 Å². The van der Waals surface area contributed by atoms with Gasteiger partial charge in [0.25, 0.3) is 0 Å². The maximum atomic E-state index is 5.75. The highest BCUT2D eigenvalue weighted by Gasteiger charge is 2.08. The zero-order valence-electron chi connectivity index (χ0n) is 8.27. The average Bonchev–Trinajstić information content (AvgIpc) is 1.87. The first-order valence-electron chi connectivity index (χ1n) is 4.96. The Morgan fingerprint density at radius 3 is 1.82 bits per heavy atom. The largest absolute Gasteiger partial charge is 0.328 e. The lowest BCUT2D eigenvalue weighted by atomic mass is 9.92. The van der Waals surface area contributed by atoms with E-state index in [0.717, 1.165) is 5.92 Å². The van der Waals surface area contributed by atoms with Gasteiger partial charge in [-0.05, 0) is 19.3 Å². The van der Waals surface area contributed by atoms with Gasteiger partial charge in [0, 0.05) is 6.04 Å². The van der Waals surface area contributed by atoms with Gasteiger partial charge >= 0.3 is 0 Å². The van der Waals surface area contributed by atoms with Crippen molar-refractivity contribution in [2.45, 2.75) is 58.9 Å². The van der Waals surface area contributed by atoms with Crippen molar-refractivity contribution in [1.82, 2.24) is 0 Å². The minimum atomic E-state index is 0.387. The van der Waals surface area contributed by atoms with Crippen LogP contribution in [0.1, 0.15) is 52.9 Å². The lowest BCUT2D eigenvalue weighted by Gasteiger charge is -2.16. The van der Waals surface area contributed by atoms with Crippen LogP contribution in [0.4, 0.5) is 0 Å². The van der Waals surface area contributed by atoms with E-state index in [9.17, 15) is 0 Å². The Kier molecular flexibility index (Phi) is 6.63. The summed E-state index contributed by atoms with van der Waals surface area (Å²) >= 11 is 0. The zero-order chi connectivity index (χ0) is 8.69. The third-order valence-corrected chi connectivity index (χ3v) is 2.10. The van der Waals surface area contributed by atoms with Gasteiger partial charge in [0.15, 0.2) is 0 Å². The third-order valence-electron chi connectivity index (χ3n) is 2.10. The second kappa shape index (κ2) is 6.66. The quantitative estimate of drug-likeness (QED) is 0.630. The molecule has 11 heavy (non-hydrogen) atoms. The molecule has 0 radical (unpaired) electrons. The molecular weight excluding hydrogens is 134 g/mol. The van der Waals surface area contributed by atoms with Crippen molar-refractivity contribution in [2.24, 2.45) is 11.7 Å². The molecule has 0 fully saturated rings. The molecule has 0 saturated carbocycles. The van der Waals surface area contributed by atoms with Crippen LogP contribution in [0.5, 0.6) is 0 Å². The molecule has 0 aliphatic heterocycles. The van der Waals surface area contributed by atoms with E-state index >= 15 is 0 Å². The fourth-order valence-corrected chi connectivity index (χ4v) is 1.72. The third kappa shape index (κ3) is 6.36. The second-order valence-electron chi connectivity index (χ2n) is 3.66. The van der Waals surface area contributed by atoms with Crippen LogP contribution >= 0.6 is 0 Å². The first kappa shape index (κ1) is 11.0. The van der Waals surface area contributed by atoms with E-state index in [0.29, 0.717) is 6.04 Å². The van der Waals surface area contributed by atoms with Crippen molar-refractivity contribution in [1.29, 1.82) is 0 Å². The molecule has 0 amide bonds. The van der Waals surface area contributed by atoms with Crippen LogP contribution < -0.4 is 5.73 Å². The molecule has 0 spiro atoms. The van der Waals surface area contributed by atoms with Gasteiger partial charge in [0.1, 0.15) is 0 Å². The highest BCUT2D eigenvalue weighted by molar-refractivity contribution is 4.64. The Hall–Kier alpha value is -0.0400. The van der Waals surface area contributed by atoms with Gasteiger partial charge in [-0.2, -0.15) is 0 Å². The Morgan fingerprint density at radius 2 is 1.55 bits per heavy atom. The van der Waals surface area contributed by atoms with E-state index in [1.165, 1.54) is 32.1 Å². The first-order chi connectivity index (χ1) is 5.20. The summed E-state index contributed by atoms with van der Waals surface area (Å²) in [6, 6.07) is 0.387. The SMILES string of the molecule is CCCC(CCC)C[C@H](C)N. The molecule has 0 aromatic rings. The molecule has 1 atom stereocenters. The molecule has 0 aliphatic carbocycles. The topological polar surface area (TPSA) is 26.0 Å². The van der Waals surface area contributed by atoms with Gasteiger partial charge in [0.2, 0.25) is 0 Å². The van der Waals surface area contributed by atoms with Crippen molar-refractivity contribution in [3.63, 3.8) is 0 Å². The standard InChI is InChI=1S/C10H23N/c1-4-6-10(7-5-2)8-9(3)11/h9-10H,4-8,11H2,1-3H3/t9-/m0/s1. The number of hydrogen-bond donors (Lipinski definition) is 1. The highest BCUT2D eigenvalue weighted by atomic mass is 14.6. The van der Waals surface area contributed by atoms with Gasteiger partial charge in [-0.25, -0.2) is 0 Å². The van der Waals surface area contributed by atoms with Crippen LogP contribution in [0.3, 0.4) is 0 Å².